The van der Waals surface area contributed by atoms with Crippen LogP contribution in [0.15, 0.2) is 22.6 Å². The van der Waals surface area contributed by atoms with Gasteiger partial charge in [-0.15, -0.1) is 13.2 Å². The zero-order chi connectivity index (χ0) is 22.1. The number of aldehydes is 1. The second-order valence-electron chi connectivity index (χ2n) is 7.98. The molecule has 30 heavy (non-hydrogen) atoms. The van der Waals surface area contributed by atoms with Crippen molar-refractivity contribution in [3.05, 3.63) is 41.1 Å². The largest absolute Gasteiger partial charge is 0.573 e. The number of aliphatic hydroxyl groups is 1. The number of carbonyl (C=O) groups excluding carboxylic acids is 1. The van der Waals surface area contributed by atoms with E-state index >= 15 is 0 Å². The number of halogens is 3. The van der Waals surface area contributed by atoms with Crippen LogP contribution in [0.1, 0.15) is 60.8 Å². The van der Waals surface area contributed by atoms with Gasteiger partial charge in [0.1, 0.15) is 17.1 Å². The molecule has 3 rings (SSSR count). The smallest absolute Gasteiger partial charge is 0.446 e. The van der Waals surface area contributed by atoms with Crippen molar-refractivity contribution < 1.29 is 32.2 Å². The van der Waals surface area contributed by atoms with Crippen LogP contribution in [0.5, 0.6) is 5.75 Å². The first-order chi connectivity index (χ1) is 14.0. The molecule has 2 aromatic rings. The van der Waals surface area contributed by atoms with Crippen molar-refractivity contribution in [3.8, 4) is 5.75 Å². The van der Waals surface area contributed by atoms with E-state index in [2.05, 4.69) is 9.72 Å². The fourth-order valence-corrected chi connectivity index (χ4v) is 3.93. The molecule has 0 amide bonds. The number of hydrogen-bond donors (Lipinski definition) is 1. The summed E-state index contributed by atoms with van der Waals surface area (Å²) in [5, 5.41) is 10.2. The molecular weight excluding hydrogens is 401 g/mol. The van der Waals surface area contributed by atoms with E-state index in [0.717, 1.165) is 19.3 Å². The van der Waals surface area contributed by atoms with E-state index in [9.17, 15) is 23.1 Å². The molecule has 1 aliphatic rings. The van der Waals surface area contributed by atoms with Crippen LogP contribution in [0.4, 0.5) is 18.9 Å². The van der Waals surface area contributed by atoms with Gasteiger partial charge in [0.05, 0.1) is 11.3 Å². The van der Waals surface area contributed by atoms with Crippen LogP contribution >= 0.6 is 0 Å². The lowest BCUT2D eigenvalue weighted by atomic mass is 9.97. The summed E-state index contributed by atoms with van der Waals surface area (Å²) >= 11 is 0. The Morgan fingerprint density at radius 2 is 2.07 bits per heavy atom. The van der Waals surface area contributed by atoms with E-state index in [-0.39, 0.29) is 17.3 Å². The SMILES string of the molecule is Cc1oc(C[C@H]2CCCCN2c2cccc(C=O)c2OC(F)(F)F)nc1C(C)(C)O. The zero-order valence-electron chi connectivity index (χ0n) is 17.1. The lowest BCUT2D eigenvalue weighted by molar-refractivity contribution is -0.274. The minimum absolute atomic E-state index is 0.162. The zero-order valence-corrected chi connectivity index (χ0v) is 17.1. The van der Waals surface area contributed by atoms with Crippen molar-refractivity contribution >= 4 is 12.0 Å². The average Bonchev–Trinajstić information content (AvgIpc) is 3.02. The molecule has 0 unspecified atom stereocenters. The highest BCUT2D eigenvalue weighted by Gasteiger charge is 2.36. The molecule has 0 aliphatic carbocycles. The summed E-state index contributed by atoms with van der Waals surface area (Å²) in [6.45, 7) is 5.45. The number of oxazole rings is 1. The maximum absolute atomic E-state index is 13.0. The summed E-state index contributed by atoms with van der Waals surface area (Å²) in [6, 6.07) is 4.17. The Hall–Kier alpha value is -2.55. The van der Waals surface area contributed by atoms with Gasteiger partial charge in [-0.1, -0.05) is 6.07 Å². The summed E-state index contributed by atoms with van der Waals surface area (Å²) in [4.78, 5) is 17.6. The third-order valence-electron chi connectivity index (χ3n) is 5.14. The van der Waals surface area contributed by atoms with Gasteiger partial charge in [0, 0.05) is 19.0 Å². The predicted molar refractivity (Wildman–Crippen MR) is 104 cm³/mol. The molecule has 2 heterocycles. The number of aromatic nitrogens is 1. The fourth-order valence-electron chi connectivity index (χ4n) is 3.93. The third kappa shape index (κ3) is 4.95. The number of para-hydroxylation sites is 1. The molecule has 1 aliphatic heterocycles. The van der Waals surface area contributed by atoms with Crippen molar-refractivity contribution in [2.75, 3.05) is 11.4 Å². The molecule has 1 atom stereocenters. The summed E-state index contributed by atoms with van der Waals surface area (Å²) in [7, 11) is 0. The van der Waals surface area contributed by atoms with Gasteiger partial charge in [-0.05, 0) is 52.2 Å². The Morgan fingerprint density at radius 3 is 2.67 bits per heavy atom. The molecule has 0 spiro atoms. The molecule has 1 N–H and O–H groups in total. The van der Waals surface area contributed by atoms with Gasteiger partial charge in [-0.25, -0.2) is 4.98 Å². The normalized spacial score (nSPS) is 17.8. The fraction of sp³-hybridized carbons (Fsp3) is 0.524. The Labute approximate surface area is 172 Å². The maximum atomic E-state index is 13.0. The quantitative estimate of drug-likeness (QED) is 0.685. The maximum Gasteiger partial charge on any atom is 0.573 e. The van der Waals surface area contributed by atoms with E-state index in [0.29, 0.717) is 36.6 Å². The predicted octanol–water partition coefficient (Wildman–Crippen LogP) is 4.52. The highest BCUT2D eigenvalue weighted by molar-refractivity contribution is 5.84. The molecule has 1 fully saturated rings. The molecule has 0 bridgehead atoms. The Bertz CT molecular complexity index is 903. The van der Waals surface area contributed by atoms with Crippen LogP contribution in [0, 0.1) is 6.92 Å². The number of rotatable bonds is 6. The number of aryl methyl sites for hydroxylation is 1. The summed E-state index contributed by atoms with van der Waals surface area (Å²) in [5.41, 5.74) is -0.675. The molecule has 0 saturated carbocycles. The van der Waals surface area contributed by atoms with E-state index < -0.39 is 17.7 Å². The van der Waals surface area contributed by atoms with Crippen molar-refractivity contribution in [1.82, 2.24) is 4.98 Å². The van der Waals surface area contributed by atoms with Gasteiger partial charge >= 0.3 is 6.36 Å². The molecule has 1 saturated heterocycles. The van der Waals surface area contributed by atoms with Gasteiger partial charge in [0.2, 0.25) is 0 Å². The first kappa shape index (κ1) is 22.1. The molecule has 0 radical (unpaired) electrons. The van der Waals surface area contributed by atoms with Gasteiger partial charge in [0.15, 0.2) is 17.9 Å². The van der Waals surface area contributed by atoms with Crippen LogP contribution in [-0.4, -0.2) is 35.3 Å². The molecular formula is C21H25F3N2O4. The number of benzene rings is 1. The van der Waals surface area contributed by atoms with Crippen molar-refractivity contribution in [3.63, 3.8) is 0 Å². The van der Waals surface area contributed by atoms with Crippen molar-refractivity contribution in [1.29, 1.82) is 0 Å². The first-order valence-corrected chi connectivity index (χ1v) is 9.79. The number of ether oxygens (including phenoxy) is 1. The second kappa shape index (κ2) is 8.29. The Kier molecular flexibility index (Phi) is 6.12. The standard InChI is InChI=1S/C21H25F3N2O4/c1-13-19(20(2,3)28)25-17(29-13)11-15-8-4-5-10-26(15)16-9-6-7-14(12-27)18(16)30-21(22,23)24/h6-7,9,12,15,28H,4-5,8,10-11H2,1-3H3/t15-/m1/s1. The van der Waals surface area contributed by atoms with Crippen LogP contribution in [0.25, 0.3) is 0 Å². The highest BCUT2D eigenvalue weighted by atomic mass is 19.4. The molecule has 1 aromatic heterocycles. The lowest BCUT2D eigenvalue weighted by Gasteiger charge is -2.38. The summed E-state index contributed by atoms with van der Waals surface area (Å²) in [5.74, 6) is 0.419. The van der Waals surface area contributed by atoms with Crippen LogP contribution in [0.3, 0.4) is 0 Å². The van der Waals surface area contributed by atoms with Gasteiger partial charge in [0.25, 0.3) is 0 Å². The first-order valence-electron chi connectivity index (χ1n) is 9.79. The second-order valence-corrected chi connectivity index (χ2v) is 7.98. The van der Waals surface area contributed by atoms with Gasteiger partial charge < -0.3 is 19.2 Å². The highest BCUT2D eigenvalue weighted by Crippen LogP contribution is 2.39. The molecule has 6 nitrogen and oxygen atoms in total. The number of nitrogens with zero attached hydrogens (tertiary/aromatic N) is 2. The van der Waals surface area contributed by atoms with Crippen LogP contribution in [-0.2, 0) is 12.0 Å². The number of anilines is 1. The number of alkyl halides is 3. The Balaban J connectivity index is 1.94. The monoisotopic (exact) mass is 426 g/mol. The average molecular weight is 426 g/mol. The van der Waals surface area contributed by atoms with E-state index in [4.69, 9.17) is 4.42 Å². The van der Waals surface area contributed by atoms with E-state index in [1.165, 1.54) is 18.2 Å². The number of piperidine rings is 1. The molecule has 1 aromatic carbocycles. The van der Waals surface area contributed by atoms with E-state index in [1.54, 1.807) is 20.8 Å². The van der Waals surface area contributed by atoms with Crippen molar-refractivity contribution in [2.24, 2.45) is 0 Å². The topological polar surface area (TPSA) is 75.8 Å². The van der Waals surface area contributed by atoms with Crippen LogP contribution in [0.2, 0.25) is 0 Å². The lowest BCUT2D eigenvalue weighted by Crippen LogP contribution is -2.41. The minimum Gasteiger partial charge on any atom is -0.446 e. The molecule has 9 heteroatoms. The van der Waals surface area contributed by atoms with Crippen molar-refractivity contribution in [2.45, 2.75) is 64.5 Å². The van der Waals surface area contributed by atoms with Gasteiger partial charge in [-0.3, -0.25) is 4.79 Å². The summed E-state index contributed by atoms with van der Waals surface area (Å²) in [6.07, 6.45) is -1.78. The van der Waals surface area contributed by atoms with Gasteiger partial charge in [-0.2, -0.15) is 0 Å². The Morgan fingerprint density at radius 1 is 1.33 bits per heavy atom. The van der Waals surface area contributed by atoms with E-state index in [1.807, 2.05) is 4.90 Å². The number of hydrogen-bond acceptors (Lipinski definition) is 6. The summed E-state index contributed by atoms with van der Waals surface area (Å²) < 4.78 is 49.0. The number of carbonyl (C=O) groups is 1. The third-order valence-corrected chi connectivity index (χ3v) is 5.14. The minimum atomic E-state index is -4.92. The van der Waals surface area contributed by atoms with Crippen LogP contribution < -0.4 is 9.64 Å². The molecule has 164 valence electrons.